The summed E-state index contributed by atoms with van der Waals surface area (Å²) in [4.78, 5) is 2.53. The fourth-order valence-corrected chi connectivity index (χ4v) is 2.98. The number of hydrogen-bond acceptors (Lipinski definition) is 3. The Morgan fingerprint density at radius 2 is 2.47 bits per heavy atom. The van der Waals surface area contributed by atoms with E-state index in [1.54, 1.807) is 11.3 Å². The first kappa shape index (κ1) is 13.5. The quantitative estimate of drug-likeness (QED) is 0.903. The van der Waals surface area contributed by atoms with E-state index in [1.165, 1.54) is 9.35 Å². The van der Waals surface area contributed by atoms with Crippen LogP contribution in [0.25, 0.3) is 0 Å². The maximum atomic E-state index is 3.50. The molecule has 0 amide bonds. The molecule has 1 unspecified atom stereocenters. The van der Waals surface area contributed by atoms with Crippen LogP contribution >= 0.6 is 39.7 Å². The maximum Gasteiger partial charge on any atom is 0.0701 e. The highest BCUT2D eigenvalue weighted by atomic mass is 79.9. The Balaban J connectivity index is 0.00000112. The fourth-order valence-electron chi connectivity index (χ4n) is 1.78. The number of nitrogens with one attached hydrogen (secondary N) is 1. The molecule has 0 spiro atoms. The van der Waals surface area contributed by atoms with Gasteiger partial charge in [0.25, 0.3) is 0 Å². The van der Waals surface area contributed by atoms with Gasteiger partial charge >= 0.3 is 0 Å². The van der Waals surface area contributed by atoms with Crippen molar-refractivity contribution in [2.24, 2.45) is 0 Å². The van der Waals surface area contributed by atoms with Crippen molar-refractivity contribution in [3.05, 3.63) is 20.8 Å². The number of thiophene rings is 1. The van der Waals surface area contributed by atoms with Gasteiger partial charge in [-0.05, 0) is 39.9 Å². The lowest BCUT2D eigenvalue weighted by molar-refractivity contribution is 0.166. The molecule has 1 aromatic rings. The molecule has 2 rings (SSSR count). The molecular weight excluding hydrogens is 296 g/mol. The SMILES string of the molecule is CC1CNCCN1Cc1csc(Br)c1.Cl. The number of piperazine rings is 1. The van der Waals surface area contributed by atoms with Crippen molar-refractivity contribution < 1.29 is 0 Å². The van der Waals surface area contributed by atoms with E-state index in [-0.39, 0.29) is 12.4 Å². The Morgan fingerprint density at radius 3 is 3.07 bits per heavy atom. The van der Waals surface area contributed by atoms with E-state index in [1.807, 2.05) is 0 Å². The van der Waals surface area contributed by atoms with E-state index in [0.717, 1.165) is 26.2 Å². The van der Waals surface area contributed by atoms with Crippen molar-refractivity contribution in [3.8, 4) is 0 Å². The summed E-state index contributed by atoms with van der Waals surface area (Å²) in [6.07, 6.45) is 0. The molecule has 0 saturated carbocycles. The Labute approximate surface area is 110 Å². The topological polar surface area (TPSA) is 15.3 Å². The lowest BCUT2D eigenvalue weighted by Gasteiger charge is -2.33. The molecule has 1 aliphatic rings. The van der Waals surface area contributed by atoms with Gasteiger partial charge in [-0.1, -0.05) is 0 Å². The van der Waals surface area contributed by atoms with Crippen molar-refractivity contribution in [2.45, 2.75) is 19.5 Å². The summed E-state index contributed by atoms with van der Waals surface area (Å²) in [6.45, 7) is 6.77. The smallest absolute Gasteiger partial charge is 0.0701 e. The van der Waals surface area contributed by atoms with E-state index in [4.69, 9.17) is 0 Å². The first-order valence-corrected chi connectivity index (χ1v) is 6.60. The summed E-state index contributed by atoms with van der Waals surface area (Å²) in [5.41, 5.74) is 1.43. The molecule has 0 aliphatic carbocycles. The van der Waals surface area contributed by atoms with E-state index < -0.39 is 0 Å². The van der Waals surface area contributed by atoms with Gasteiger partial charge in [0.1, 0.15) is 0 Å². The normalized spacial score (nSPS) is 22.4. The maximum absolute atomic E-state index is 3.50. The van der Waals surface area contributed by atoms with Gasteiger partial charge in [-0.3, -0.25) is 4.90 Å². The molecule has 1 aliphatic heterocycles. The van der Waals surface area contributed by atoms with Crippen LogP contribution in [-0.2, 0) is 6.54 Å². The zero-order valence-corrected chi connectivity index (χ0v) is 11.9. The molecule has 2 nitrogen and oxygen atoms in total. The van der Waals surface area contributed by atoms with Crippen molar-refractivity contribution in [3.63, 3.8) is 0 Å². The van der Waals surface area contributed by atoms with Gasteiger partial charge in [0, 0.05) is 32.2 Å². The second-order valence-corrected chi connectivity index (χ2v) is 6.07. The Kier molecular flexibility index (Phi) is 5.57. The fraction of sp³-hybridized carbons (Fsp3) is 0.600. The van der Waals surface area contributed by atoms with Crippen LogP contribution in [-0.4, -0.2) is 30.6 Å². The molecule has 0 bridgehead atoms. The largest absolute Gasteiger partial charge is 0.314 e. The number of rotatable bonds is 2. The third kappa shape index (κ3) is 3.71. The van der Waals surface area contributed by atoms with Crippen LogP contribution in [0, 0.1) is 0 Å². The molecule has 15 heavy (non-hydrogen) atoms. The van der Waals surface area contributed by atoms with Crippen LogP contribution < -0.4 is 5.32 Å². The molecule has 1 saturated heterocycles. The minimum absolute atomic E-state index is 0. The third-order valence-corrected chi connectivity index (χ3v) is 4.20. The zero-order chi connectivity index (χ0) is 9.97. The predicted octanol–water partition coefficient (Wildman–Crippen LogP) is 2.73. The summed E-state index contributed by atoms with van der Waals surface area (Å²) in [5, 5.41) is 5.64. The van der Waals surface area contributed by atoms with E-state index in [2.05, 4.69) is 44.5 Å². The summed E-state index contributed by atoms with van der Waals surface area (Å²) in [6, 6.07) is 2.88. The summed E-state index contributed by atoms with van der Waals surface area (Å²) < 4.78 is 1.23. The van der Waals surface area contributed by atoms with Crippen LogP contribution in [0.3, 0.4) is 0 Å². The van der Waals surface area contributed by atoms with Gasteiger partial charge in [-0.15, -0.1) is 23.7 Å². The molecule has 0 aromatic carbocycles. The van der Waals surface area contributed by atoms with Gasteiger partial charge in [0.2, 0.25) is 0 Å². The van der Waals surface area contributed by atoms with Crippen molar-refractivity contribution in [1.82, 2.24) is 10.2 Å². The van der Waals surface area contributed by atoms with Crippen LogP contribution in [0.1, 0.15) is 12.5 Å². The van der Waals surface area contributed by atoms with Crippen molar-refractivity contribution in [2.75, 3.05) is 19.6 Å². The van der Waals surface area contributed by atoms with Gasteiger partial charge in [0.15, 0.2) is 0 Å². The van der Waals surface area contributed by atoms with Gasteiger partial charge < -0.3 is 5.32 Å². The molecule has 1 fully saturated rings. The highest BCUT2D eigenvalue weighted by Gasteiger charge is 2.17. The molecular formula is C10H16BrClN2S. The van der Waals surface area contributed by atoms with Gasteiger partial charge in [0.05, 0.1) is 3.79 Å². The minimum atomic E-state index is 0. The monoisotopic (exact) mass is 310 g/mol. The summed E-state index contributed by atoms with van der Waals surface area (Å²) >= 11 is 5.27. The second-order valence-electron chi connectivity index (χ2n) is 3.78. The third-order valence-electron chi connectivity index (χ3n) is 2.65. The van der Waals surface area contributed by atoms with E-state index >= 15 is 0 Å². The molecule has 0 radical (unpaired) electrons. The van der Waals surface area contributed by atoms with Crippen LogP contribution in [0.4, 0.5) is 0 Å². The average molecular weight is 312 g/mol. The highest BCUT2D eigenvalue weighted by molar-refractivity contribution is 9.11. The lowest BCUT2D eigenvalue weighted by atomic mass is 10.2. The second kappa shape index (κ2) is 6.21. The van der Waals surface area contributed by atoms with Crippen molar-refractivity contribution >= 4 is 39.7 Å². The number of halogens is 2. The molecule has 5 heteroatoms. The van der Waals surface area contributed by atoms with Crippen LogP contribution in [0.5, 0.6) is 0 Å². The number of nitrogens with zero attached hydrogens (tertiary/aromatic N) is 1. The standard InChI is InChI=1S/C10H15BrN2S.ClH/c1-8-5-12-2-3-13(8)6-9-4-10(11)14-7-9;/h4,7-8,12H,2-3,5-6H2,1H3;1H. The van der Waals surface area contributed by atoms with E-state index in [9.17, 15) is 0 Å². The Morgan fingerprint density at radius 1 is 1.67 bits per heavy atom. The van der Waals surface area contributed by atoms with Gasteiger partial charge in [-0.2, -0.15) is 0 Å². The zero-order valence-electron chi connectivity index (χ0n) is 8.70. The molecule has 1 aromatic heterocycles. The van der Waals surface area contributed by atoms with Crippen LogP contribution in [0.2, 0.25) is 0 Å². The average Bonchev–Trinajstić information content (AvgIpc) is 2.56. The Bertz CT molecular complexity index is 305. The first-order chi connectivity index (χ1) is 6.75. The van der Waals surface area contributed by atoms with Crippen molar-refractivity contribution in [1.29, 1.82) is 0 Å². The molecule has 86 valence electrons. The number of hydrogen-bond donors (Lipinski definition) is 1. The summed E-state index contributed by atoms with van der Waals surface area (Å²) in [7, 11) is 0. The Hall–Kier alpha value is 0.390. The van der Waals surface area contributed by atoms with Crippen LogP contribution in [0.15, 0.2) is 15.2 Å². The summed E-state index contributed by atoms with van der Waals surface area (Å²) in [5.74, 6) is 0. The minimum Gasteiger partial charge on any atom is -0.314 e. The molecule has 1 N–H and O–H groups in total. The first-order valence-electron chi connectivity index (χ1n) is 4.93. The molecule has 2 heterocycles. The van der Waals surface area contributed by atoms with E-state index in [0.29, 0.717) is 6.04 Å². The highest BCUT2D eigenvalue weighted by Crippen LogP contribution is 2.22. The lowest BCUT2D eigenvalue weighted by Crippen LogP contribution is -2.49. The predicted molar refractivity (Wildman–Crippen MR) is 72.0 cm³/mol. The molecule has 1 atom stereocenters. The van der Waals surface area contributed by atoms with Gasteiger partial charge in [-0.25, -0.2) is 0 Å².